The van der Waals surface area contributed by atoms with Crippen LogP contribution in [0.3, 0.4) is 0 Å². The zero-order valence-electron chi connectivity index (χ0n) is 10.3. The predicted octanol–water partition coefficient (Wildman–Crippen LogP) is 3.02. The molecule has 2 heteroatoms. The molecule has 16 heavy (non-hydrogen) atoms. The molecule has 2 rings (SSSR count). The van der Waals surface area contributed by atoms with Gasteiger partial charge in [-0.15, -0.1) is 0 Å². The Balaban J connectivity index is 2.27. The minimum Gasteiger partial charge on any atom is -0.389 e. The van der Waals surface area contributed by atoms with Crippen LogP contribution in [0.25, 0.3) is 0 Å². The van der Waals surface area contributed by atoms with Gasteiger partial charge in [-0.25, -0.2) is 0 Å². The molecule has 0 aliphatic carbocycles. The van der Waals surface area contributed by atoms with Gasteiger partial charge in [-0.1, -0.05) is 17.7 Å². The zero-order valence-corrected chi connectivity index (χ0v) is 11.2. The number of rotatable bonds is 2. The number of aryl methyl sites for hydroxylation is 3. The average molecular weight is 236 g/mol. The van der Waals surface area contributed by atoms with Gasteiger partial charge in [0.1, 0.15) is 0 Å². The third kappa shape index (κ3) is 2.44. The molecule has 0 bridgehead atoms. The van der Waals surface area contributed by atoms with Gasteiger partial charge in [-0.05, 0) is 49.6 Å². The SMILES string of the molecule is Cc1cc(C)c(CC2(O)CCSC2)c(C)c1. The summed E-state index contributed by atoms with van der Waals surface area (Å²) in [7, 11) is 0. The van der Waals surface area contributed by atoms with E-state index in [9.17, 15) is 5.11 Å². The van der Waals surface area contributed by atoms with Gasteiger partial charge in [0, 0.05) is 12.2 Å². The standard InChI is InChI=1S/C14H20OS/c1-10-6-11(2)13(12(3)7-10)8-14(15)4-5-16-9-14/h6-7,15H,4-5,8-9H2,1-3H3. The van der Waals surface area contributed by atoms with E-state index in [4.69, 9.17) is 0 Å². The maximum absolute atomic E-state index is 10.4. The summed E-state index contributed by atoms with van der Waals surface area (Å²) in [4.78, 5) is 0. The summed E-state index contributed by atoms with van der Waals surface area (Å²) in [6, 6.07) is 4.43. The van der Waals surface area contributed by atoms with Gasteiger partial charge in [0.2, 0.25) is 0 Å². The van der Waals surface area contributed by atoms with Crippen LogP contribution >= 0.6 is 11.8 Å². The summed E-state index contributed by atoms with van der Waals surface area (Å²) in [6.45, 7) is 6.44. The van der Waals surface area contributed by atoms with Crippen LogP contribution in [-0.2, 0) is 6.42 Å². The van der Waals surface area contributed by atoms with Crippen LogP contribution in [-0.4, -0.2) is 22.2 Å². The van der Waals surface area contributed by atoms with Crippen molar-refractivity contribution in [3.8, 4) is 0 Å². The molecule has 1 aromatic carbocycles. The number of hydrogen-bond donors (Lipinski definition) is 1. The predicted molar refractivity (Wildman–Crippen MR) is 71.2 cm³/mol. The van der Waals surface area contributed by atoms with Crippen molar-refractivity contribution in [3.63, 3.8) is 0 Å². The van der Waals surface area contributed by atoms with Crippen molar-refractivity contribution in [1.29, 1.82) is 0 Å². The maximum atomic E-state index is 10.4. The molecular weight excluding hydrogens is 216 g/mol. The molecule has 0 amide bonds. The molecule has 1 atom stereocenters. The van der Waals surface area contributed by atoms with Crippen LogP contribution in [0.2, 0.25) is 0 Å². The highest BCUT2D eigenvalue weighted by Gasteiger charge is 2.32. The van der Waals surface area contributed by atoms with Crippen molar-refractivity contribution >= 4 is 11.8 Å². The van der Waals surface area contributed by atoms with Crippen molar-refractivity contribution in [2.75, 3.05) is 11.5 Å². The van der Waals surface area contributed by atoms with E-state index >= 15 is 0 Å². The van der Waals surface area contributed by atoms with Crippen molar-refractivity contribution in [2.45, 2.75) is 39.2 Å². The quantitative estimate of drug-likeness (QED) is 0.852. The molecule has 0 radical (unpaired) electrons. The Morgan fingerprint density at radius 3 is 2.38 bits per heavy atom. The van der Waals surface area contributed by atoms with Gasteiger partial charge in [-0.3, -0.25) is 0 Å². The van der Waals surface area contributed by atoms with E-state index < -0.39 is 5.60 Å². The van der Waals surface area contributed by atoms with Crippen molar-refractivity contribution in [2.24, 2.45) is 0 Å². The zero-order chi connectivity index (χ0) is 11.8. The van der Waals surface area contributed by atoms with Crippen LogP contribution in [0.4, 0.5) is 0 Å². The van der Waals surface area contributed by atoms with Crippen LogP contribution in [0, 0.1) is 20.8 Å². The highest BCUT2D eigenvalue weighted by Crippen LogP contribution is 2.32. The summed E-state index contributed by atoms with van der Waals surface area (Å²) < 4.78 is 0. The molecule has 1 aliphatic rings. The fraction of sp³-hybridized carbons (Fsp3) is 0.571. The van der Waals surface area contributed by atoms with Gasteiger partial charge < -0.3 is 5.11 Å². The van der Waals surface area contributed by atoms with E-state index in [0.717, 1.165) is 24.3 Å². The van der Waals surface area contributed by atoms with Gasteiger partial charge >= 0.3 is 0 Å². The van der Waals surface area contributed by atoms with E-state index in [-0.39, 0.29) is 0 Å². The Bertz CT molecular complexity index is 369. The molecule has 1 nitrogen and oxygen atoms in total. The minimum atomic E-state index is -0.463. The van der Waals surface area contributed by atoms with Crippen molar-refractivity contribution < 1.29 is 5.11 Å². The molecule has 1 heterocycles. The van der Waals surface area contributed by atoms with Crippen LogP contribution in [0.15, 0.2) is 12.1 Å². The monoisotopic (exact) mass is 236 g/mol. The Morgan fingerprint density at radius 1 is 1.25 bits per heavy atom. The summed E-state index contributed by atoms with van der Waals surface area (Å²) in [6.07, 6.45) is 1.75. The van der Waals surface area contributed by atoms with Gasteiger partial charge in [0.25, 0.3) is 0 Å². The number of hydrogen-bond acceptors (Lipinski definition) is 2. The van der Waals surface area contributed by atoms with E-state index in [1.165, 1.54) is 22.3 Å². The highest BCUT2D eigenvalue weighted by molar-refractivity contribution is 7.99. The summed E-state index contributed by atoms with van der Waals surface area (Å²) >= 11 is 1.87. The normalized spacial score (nSPS) is 25.0. The lowest BCUT2D eigenvalue weighted by Crippen LogP contribution is -2.31. The fourth-order valence-corrected chi connectivity index (χ4v) is 3.85. The Hall–Kier alpha value is -0.470. The molecular formula is C14H20OS. The first-order chi connectivity index (χ1) is 7.50. The second kappa shape index (κ2) is 4.42. The highest BCUT2D eigenvalue weighted by atomic mass is 32.2. The molecule has 1 fully saturated rings. The average Bonchev–Trinajstić information content (AvgIpc) is 2.59. The molecule has 1 saturated heterocycles. The summed E-state index contributed by atoms with van der Waals surface area (Å²) in [5.74, 6) is 1.99. The molecule has 1 N–H and O–H groups in total. The second-order valence-corrected chi connectivity index (χ2v) is 6.19. The third-order valence-corrected chi connectivity index (χ3v) is 4.66. The van der Waals surface area contributed by atoms with Gasteiger partial charge in [0.15, 0.2) is 0 Å². The topological polar surface area (TPSA) is 20.2 Å². The first-order valence-corrected chi connectivity index (χ1v) is 7.02. The largest absolute Gasteiger partial charge is 0.389 e. The number of aliphatic hydroxyl groups is 1. The Morgan fingerprint density at radius 2 is 1.88 bits per heavy atom. The lowest BCUT2D eigenvalue weighted by atomic mass is 9.88. The second-order valence-electron chi connectivity index (χ2n) is 5.08. The van der Waals surface area contributed by atoms with Crippen LogP contribution < -0.4 is 0 Å². The summed E-state index contributed by atoms with van der Waals surface area (Å²) in [5, 5.41) is 10.4. The van der Waals surface area contributed by atoms with Crippen molar-refractivity contribution in [1.82, 2.24) is 0 Å². The fourth-order valence-electron chi connectivity index (χ4n) is 2.55. The van der Waals surface area contributed by atoms with E-state index in [1.807, 2.05) is 11.8 Å². The molecule has 88 valence electrons. The Kier molecular flexibility index (Phi) is 3.32. The van der Waals surface area contributed by atoms with Crippen LogP contribution in [0.5, 0.6) is 0 Å². The lowest BCUT2D eigenvalue weighted by Gasteiger charge is -2.24. The molecule has 1 aromatic rings. The molecule has 0 saturated carbocycles. The van der Waals surface area contributed by atoms with E-state index in [1.54, 1.807) is 0 Å². The number of thioether (sulfide) groups is 1. The smallest absolute Gasteiger partial charge is 0.0785 e. The van der Waals surface area contributed by atoms with Gasteiger partial charge in [-0.2, -0.15) is 11.8 Å². The molecule has 0 aromatic heterocycles. The molecule has 1 aliphatic heterocycles. The molecule has 1 unspecified atom stereocenters. The maximum Gasteiger partial charge on any atom is 0.0785 e. The number of benzene rings is 1. The van der Waals surface area contributed by atoms with E-state index in [2.05, 4.69) is 32.9 Å². The minimum absolute atomic E-state index is 0.463. The van der Waals surface area contributed by atoms with Gasteiger partial charge in [0.05, 0.1) is 5.60 Å². The first kappa shape index (κ1) is 12.0. The summed E-state index contributed by atoms with van der Waals surface area (Å²) in [5.41, 5.74) is 4.84. The third-order valence-electron chi connectivity index (χ3n) is 3.43. The van der Waals surface area contributed by atoms with Crippen LogP contribution in [0.1, 0.15) is 28.7 Å². The van der Waals surface area contributed by atoms with E-state index in [0.29, 0.717) is 0 Å². The van der Waals surface area contributed by atoms with Crippen molar-refractivity contribution in [3.05, 3.63) is 34.4 Å². The molecule has 0 spiro atoms. The lowest BCUT2D eigenvalue weighted by molar-refractivity contribution is 0.0683. The first-order valence-electron chi connectivity index (χ1n) is 5.87. The Labute approximate surface area is 102 Å².